The highest BCUT2D eigenvalue weighted by atomic mass is 16.1. The van der Waals surface area contributed by atoms with Gasteiger partial charge in [-0.2, -0.15) is 0 Å². The Morgan fingerprint density at radius 3 is 2.73 bits per heavy atom. The standard InChI is InChI=1S/C13H15NO/c1-8-4-9(2)13-12(5-8)11(7-14-13)6-10(3)15/h4-5,7,14H,6H2,1-3H3. The van der Waals surface area contributed by atoms with Crippen LogP contribution in [0.3, 0.4) is 0 Å². The lowest BCUT2D eigenvalue weighted by Gasteiger charge is -2.00. The van der Waals surface area contributed by atoms with Crippen LogP contribution in [0.4, 0.5) is 0 Å². The van der Waals surface area contributed by atoms with Gasteiger partial charge >= 0.3 is 0 Å². The van der Waals surface area contributed by atoms with Crippen molar-refractivity contribution >= 4 is 16.7 Å². The summed E-state index contributed by atoms with van der Waals surface area (Å²) in [6.45, 7) is 5.79. The Morgan fingerprint density at radius 1 is 1.33 bits per heavy atom. The summed E-state index contributed by atoms with van der Waals surface area (Å²) in [5.41, 5.74) is 4.73. The first-order valence-electron chi connectivity index (χ1n) is 5.14. The first kappa shape index (κ1) is 9.97. The number of fused-ring (bicyclic) bond motifs is 1. The lowest BCUT2D eigenvalue weighted by Crippen LogP contribution is -1.94. The van der Waals surface area contributed by atoms with Crippen molar-refractivity contribution in [3.8, 4) is 0 Å². The third-order valence-electron chi connectivity index (χ3n) is 2.66. The summed E-state index contributed by atoms with van der Waals surface area (Å²) < 4.78 is 0. The van der Waals surface area contributed by atoms with Gasteiger partial charge in [-0.15, -0.1) is 0 Å². The molecule has 2 rings (SSSR count). The molecular formula is C13H15NO. The van der Waals surface area contributed by atoms with Crippen LogP contribution in [0.2, 0.25) is 0 Å². The average molecular weight is 201 g/mol. The number of Topliss-reactive ketones (excluding diaryl/α,β-unsaturated/α-hetero) is 1. The number of ketones is 1. The van der Waals surface area contributed by atoms with Crippen molar-refractivity contribution in [3.63, 3.8) is 0 Å². The molecular weight excluding hydrogens is 186 g/mol. The topological polar surface area (TPSA) is 32.9 Å². The van der Waals surface area contributed by atoms with Crippen molar-refractivity contribution in [2.75, 3.05) is 0 Å². The molecule has 0 fully saturated rings. The molecule has 2 nitrogen and oxygen atoms in total. The highest BCUT2D eigenvalue weighted by Crippen LogP contribution is 2.23. The normalized spacial score (nSPS) is 10.9. The maximum absolute atomic E-state index is 11.1. The van der Waals surface area contributed by atoms with Gasteiger partial charge in [0.2, 0.25) is 0 Å². The van der Waals surface area contributed by atoms with E-state index in [0.717, 1.165) is 11.1 Å². The molecule has 0 aliphatic rings. The number of aromatic amines is 1. The maximum Gasteiger partial charge on any atom is 0.134 e. The van der Waals surface area contributed by atoms with E-state index < -0.39 is 0 Å². The molecule has 1 heterocycles. The Bertz CT molecular complexity index is 523. The van der Waals surface area contributed by atoms with Crippen LogP contribution in [-0.2, 0) is 11.2 Å². The van der Waals surface area contributed by atoms with Gasteiger partial charge in [0.05, 0.1) is 0 Å². The van der Waals surface area contributed by atoms with Crippen molar-refractivity contribution < 1.29 is 4.79 Å². The first-order chi connectivity index (χ1) is 7.08. The monoisotopic (exact) mass is 201 g/mol. The van der Waals surface area contributed by atoms with Gasteiger partial charge in [0, 0.05) is 23.5 Å². The van der Waals surface area contributed by atoms with E-state index in [1.54, 1.807) is 6.92 Å². The zero-order valence-electron chi connectivity index (χ0n) is 9.35. The fourth-order valence-electron chi connectivity index (χ4n) is 2.06. The number of aryl methyl sites for hydroxylation is 2. The van der Waals surface area contributed by atoms with Crippen LogP contribution in [0.15, 0.2) is 18.3 Å². The molecule has 0 unspecified atom stereocenters. The molecule has 0 radical (unpaired) electrons. The fraction of sp³-hybridized carbons (Fsp3) is 0.308. The molecule has 2 heteroatoms. The molecule has 0 saturated heterocycles. The predicted molar refractivity (Wildman–Crippen MR) is 62.2 cm³/mol. The van der Waals surface area contributed by atoms with Crippen LogP contribution in [-0.4, -0.2) is 10.8 Å². The van der Waals surface area contributed by atoms with Gasteiger partial charge in [0.25, 0.3) is 0 Å². The first-order valence-corrected chi connectivity index (χ1v) is 5.14. The summed E-state index contributed by atoms with van der Waals surface area (Å²) in [4.78, 5) is 14.3. The minimum atomic E-state index is 0.204. The maximum atomic E-state index is 11.1. The van der Waals surface area contributed by atoms with E-state index in [1.165, 1.54) is 16.5 Å². The number of hydrogen-bond acceptors (Lipinski definition) is 1. The van der Waals surface area contributed by atoms with E-state index >= 15 is 0 Å². The van der Waals surface area contributed by atoms with Crippen LogP contribution < -0.4 is 0 Å². The molecule has 0 aliphatic carbocycles. The molecule has 78 valence electrons. The summed E-state index contributed by atoms with van der Waals surface area (Å²) in [5.74, 6) is 0.204. The second-order valence-electron chi connectivity index (χ2n) is 4.20. The van der Waals surface area contributed by atoms with Gasteiger partial charge in [0.1, 0.15) is 5.78 Å². The van der Waals surface area contributed by atoms with Gasteiger partial charge in [-0.3, -0.25) is 4.79 Å². The van der Waals surface area contributed by atoms with Crippen LogP contribution in [0, 0.1) is 13.8 Å². The number of carbonyl (C=O) groups excluding carboxylic acids is 1. The van der Waals surface area contributed by atoms with E-state index in [2.05, 4.69) is 31.0 Å². The van der Waals surface area contributed by atoms with Gasteiger partial charge in [-0.25, -0.2) is 0 Å². The molecule has 1 aromatic heterocycles. The number of hydrogen-bond donors (Lipinski definition) is 1. The quantitative estimate of drug-likeness (QED) is 0.796. The third-order valence-corrected chi connectivity index (χ3v) is 2.66. The lowest BCUT2D eigenvalue weighted by molar-refractivity contribution is -0.116. The van der Waals surface area contributed by atoms with Gasteiger partial charge in [-0.05, 0) is 38.0 Å². The number of H-pyrrole nitrogens is 1. The smallest absolute Gasteiger partial charge is 0.134 e. The molecule has 0 atom stereocenters. The van der Waals surface area contributed by atoms with E-state index in [4.69, 9.17) is 0 Å². The van der Waals surface area contributed by atoms with Crippen LogP contribution in [0.5, 0.6) is 0 Å². The number of carbonyl (C=O) groups is 1. The van der Waals surface area contributed by atoms with Gasteiger partial charge in [0.15, 0.2) is 0 Å². The molecule has 1 N–H and O–H groups in total. The summed E-state index contributed by atoms with van der Waals surface area (Å²) in [5, 5.41) is 1.18. The Morgan fingerprint density at radius 2 is 2.07 bits per heavy atom. The van der Waals surface area contributed by atoms with E-state index in [0.29, 0.717) is 6.42 Å². The Labute approximate surface area is 89.3 Å². The number of benzene rings is 1. The Balaban J connectivity index is 2.63. The van der Waals surface area contributed by atoms with Gasteiger partial charge < -0.3 is 4.98 Å². The summed E-state index contributed by atoms with van der Waals surface area (Å²) >= 11 is 0. The largest absolute Gasteiger partial charge is 0.361 e. The number of rotatable bonds is 2. The van der Waals surface area contributed by atoms with Crippen LogP contribution >= 0.6 is 0 Å². The molecule has 0 aliphatic heterocycles. The van der Waals surface area contributed by atoms with Crippen molar-refractivity contribution in [3.05, 3.63) is 35.0 Å². The number of nitrogens with one attached hydrogen (secondary N) is 1. The lowest BCUT2D eigenvalue weighted by atomic mass is 10.0. The highest BCUT2D eigenvalue weighted by molar-refractivity contribution is 5.90. The second-order valence-corrected chi connectivity index (χ2v) is 4.20. The van der Waals surface area contributed by atoms with Crippen molar-refractivity contribution in [1.82, 2.24) is 4.98 Å². The fourth-order valence-corrected chi connectivity index (χ4v) is 2.06. The van der Waals surface area contributed by atoms with Crippen molar-refractivity contribution in [1.29, 1.82) is 0 Å². The van der Waals surface area contributed by atoms with Crippen LogP contribution in [0.25, 0.3) is 10.9 Å². The molecule has 0 spiro atoms. The molecule has 15 heavy (non-hydrogen) atoms. The third kappa shape index (κ3) is 1.80. The molecule has 1 aromatic carbocycles. The highest BCUT2D eigenvalue weighted by Gasteiger charge is 2.07. The molecule has 0 amide bonds. The number of aromatic nitrogens is 1. The van der Waals surface area contributed by atoms with E-state index in [1.807, 2.05) is 6.20 Å². The van der Waals surface area contributed by atoms with Gasteiger partial charge in [-0.1, -0.05) is 11.6 Å². The second kappa shape index (κ2) is 3.54. The summed E-state index contributed by atoms with van der Waals surface area (Å²) in [6, 6.07) is 4.29. The van der Waals surface area contributed by atoms with Crippen molar-refractivity contribution in [2.45, 2.75) is 27.2 Å². The average Bonchev–Trinajstić information content (AvgIpc) is 2.48. The zero-order chi connectivity index (χ0) is 11.0. The molecule has 0 saturated carbocycles. The molecule has 2 aromatic rings. The minimum absolute atomic E-state index is 0.204. The Kier molecular flexibility index (Phi) is 2.35. The van der Waals surface area contributed by atoms with E-state index in [9.17, 15) is 4.79 Å². The van der Waals surface area contributed by atoms with E-state index in [-0.39, 0.29) is 5.78 Å². The Hall–Kier alpha value is -1.57. The SMILES string of the molecule is CC(=O)Cc1c[nH]c2c(C)cc(C)cc12. The minimum Gasteiger partial charge on any atom is -0.361 e. The molecule has 0 bridgehead atoms. The zero-order valence-corrected chi connectivity index (χ0v) is 9.35. The van der Waals surface area contributed by atoms with Crippen molar-refractivity contribution in [2.24, 2.45) is 0 Å². The van der Waals surface area contributed by atoms with Crippen LogP contribution in [0.1, 0.15) is 23.6 Å². The summed E-state index contributed by atoms with van der Waals surface area (Å²) in [6.07, 6.45) is 2.46. The predicted octanol–water partition coefficient (Wildman–Crippen LogP) is 2.92. The summed E-state index contributed by atoms with van der Waals surface area (Å²) in [7, 11) is 0.